The Kier molecular flexibility index (Phi) is 4.61. The van der Waals surface area contributed by atoms with Crippen molar-refractivity contribution in [2.45, 2.75) is 107 Å². The van der Waals surface area contributed by atoms with Gasteiger partial charge in [0.1, 0.15) is 17.1 Å². The van der Waals surface area contributed by atoms with E-state index < -0.39 is 61.2 Å². The van der Waals surface area contributed by atoms with Gasteiger partial charge in [0.2, 0.25) is 0 Å². The Bertz CT molecular complexity index is 888. The second-order valence-electron chi connectivity index (χ2n) is 13.8. The standard InChI is InChI=1S/C26H41NO5/c1-14-30-16(28)22(15-27)23(17(29)31-21(11,12)13)24(18(2,3)4)25(23,19(5,6)7)26(24,32-22)20(8,9)10/h14H2,1-13H3/t22-,23?,24?,25?,26?/m0/s1. The molecular weight excluding hydrogens is 406 g/mol. The van der Waals surface area contributed by atoms with Crippen molar-refractivity contribution in [3.05, 3.63) is 0 Å². The van der Waals surface area contributed by atoms with Crippen molar-refractivity contribution in [2.75, 3.05) is 6.61 Å². The molecule has 0 aromatic heterocycles. The summed E-state index contributed by atoms with van der Waals surface area (Å²) < 4.78 is 18.1. The van der Waals surface area contributed by atoms with Crippen LogP contribution in [0.25, 0.3) is 0 Å². The van der Waals surface area contributed by atoms with Gasteiger partial charge < -0.3 is 14.2 Å². The van der Waals surface area contributed by atoms with Crippen LogP contribution in [0.5, 0.6) is 0 Å². The number of ether oxygens (including phenoxy) is 3. The lowest BCUT2D eigenvalue weighted by Crippen LogP contribution is -2.58. The smallest absolute Gasteiger partial charge is 0.354 e. The van der Waals surface area contributed by atoms with Gasteiger partial charge in [0.05, 0.1) is 12.2 Å². The van der Waals surface area contributed by atoms with Gasteiger partial charge in [-0.3, -0.25) is 4.79 Å². The van der Waals surface area contributed by atoms with Crippen molar-refractivity contribution in [1.29, 1.82) is 5.26 Å². The highest BCUT2D eigenvalue weighted by atomic mass is 16.6. The molecular formula is C26H41NO5. The minimum atomic E-state index is -2.07. The minimum Gasteiger partial charge on any atom is -0.463 e. The molecule has 0 spiro atoms. The molecule has 0 radical (unpaired) electrons. The lowest BCUT2D eigenvalue weighted by atomic mass is 9.55. The van der Waals surface area contributed by atoms with Crippen LogP contribution >= 0.6 is 0 Å². The fraction of sp³-hybridized carbons (Fsp3) is 0.885. The normalized spacial score (nSPS) is 40.2. The third-order valence-electron chi connectivity index (χ3n) is 8.18. The molecule has 0 aromatic rings. The summed E-state index contributed by atoms with van der Waals surface area (Å²) in [7, 11) is 0. The molecule has 2 aliphatic heterocycles. The first-order valence-electron chi connectivity index (χ1n) is 11.6. The number of nitriles is 1. The lowest BCUT2D eigenvalue weighted by molar-refractivity contribution is -0.181. The van der Waals surface area contributed by atoms with E-state index in [0.717, 1.165) is 0 Å². The number of carbonyl (C=O) groups excluding carboxylic acids is 2. The molecule has 180 valence electrons. The van der Waals surface area contributed by atoms with E-state index in [9.17, 15) is 14.9 Å². The van der Waals surface area contributed by atoms with Crippen LogP contribution in [0.15, 0.2) is 0 Å². The van der Waals surface area contributed by atoms with Gasteiger partial charge >= 0.3 is 11.9 Å². The molecule has 2 unspecified atom stereocenters. The first kappa shape index (κ1) is 25.0. The predicted molar refractivity (Wildman–Crippen MR) is 120 cm³/mol. The maximum absolute atomic E-state index is 14.2. The van der Waals surface area contributed by atoms with Gasteiger partial charge in [0.25, 0.3) is 5.60 Å². The van der Waals surface area contributed by atoms with Crippen LogP contribution in [0.4, 0.5) is 0 Å². The third kappa shape index (κ3) is 1.95. The highest BCUT2D eigenvalue weighted by Gasteiger charge is 3.28. The highest BCUT2D eigenvalue weighted by molar-refractivity contribution is 6.06. The van der Waals surface area contributed by atoms with Crippen LogP contribution in [-0.4, -0.2) is 35.3 Å². The summed E-state index contributed by atoms with van der Waals surface area (Å²) in [6, 6.07) is 2.17. The van der Waals surface area contributed by atoms with Crippen LogP contribution < -0.4 is 0 Å². The van der Waals surface area contributed by atoms with Crippen LogP contribution in [0.1, 0.15) is 90.0 Å². The molecule has 2 saturated carbocycles. The van der Waals surface area contributed by atoms with Gasteiger partial charge in [0.15, 0.2) is 0 Å². The van der Waals surface area contributed by atoms with Crippen molar-refractivity contribution < 1.29 is 23.8 Å². The molecule has 0 N–H and O–H groups in total. The van der Waals surface area contributed by atoms with Crippen LogP contribution in [0, 0.1) is 43.8 Å². The van der Waals surface area contributed by atoms with Crippen molar-refractivity contribution >= 4 is 11.9 Å². The molecule has 3 atom stereocenters. The van der Waals surface area contributed by atoms with E-state index in [1.807, 2.05) is 0 Å². The minimum absolute atomic E-state index is 0.0869. The van der Waals surface area contributed by atoms with Crippen LogP contribution in [-0.2, 0) is 23.8 Å². The first-order valence-corrected chi connectivity index (χ1v) is 11.6. The molecule has 32 heavy (non-hydrogen) atoms. The molecule has 0 amide bonds. The number of hydrogen-bond donors (Lipinski definition) is 0. The Balaban J connectivity index is 2.50. The van der Waals surface area contributed by atoms with Gasteiger partial charge in [-0.2, -0.15) is 5.26 Å². The summed E-state index contributed by atoms with van der Waals surface area (Å²) in [6.45, 7) is 25.8. The summed E-state index contributed by atoms with van der Waals surface area (Å²) in [4.78, 5) is 27.8. The SMILES string of the molecule is CCOC(=O)[C@]1(C#N)OC2(C(C)(C)C)C3(C(C)(C)C)C2(C(C)(C)C)C31C(=O)OC(C)(C)C. The fourth-order valence-electron chi connectivity index (χ4n) is 8.52. The van der Waals surface area contributed by atoms with E-state index in [-0.39, 0.29) is 6.61 Å². The van der Waals surface area contributed by atoms with Gasteiger partial charge in [-0.1, -0.05) is 62.3 Å². The molecule has 4 rings (SSSR count). The van der Waals surface area contributed by atoms with Crippen molar-refractivity contribution in [1.82, 2.24) is 0 Å². The van der Waals surface area contributed by atoms with Gasteiger partial charge in [-0.15, -0.1) is 0 Å². The summed E-state index contributed by atoms with van der Waals surface area (Å²) in [6.07, 6.45) is 0. The summed E-state index contributed by atoms with van der Waals surface area (Å²) in [5, 5.41) is 10.6. The maximum atomic E-state index is 14.2. The summed E-state index contributed by atoms with van der Waals surface area (Å²) in [5.74, 6) is -1.33. The number of fused-ring (bicyclic) bond motifs is 1. The Morgan fingerprint density at radius 3 is 1.53 bits per heavy atom. The Labute approximate surface area is 193 Å². The fourth-order valence-corrected chi connectivity index (χ4v) is 8.52. The Morgan fingerprint density at radius 2 is 1.25 bits per heavy atom. The van der Waals surface area contributed by atoms with Gasteiger partial charge in [-0.05, 0) is 43.9 Å². The molecule has 2 aliphatic carbocycles. The topological polar surface area (TPSA) is 85.6 Å². The average molecular weight is 448 g/mol. The van der Waals surface area contributed by atoms with Gasteiger partial charge in [-0.25, -0.2) is 4.79 Å². The Hall–Kier alpha value is -1.61. The zero-order valence-electron chi connectivity index (χ0n) is 22.2. The maximum Gasteiger partial charge on any atom is 0.354 e. The van der Waals surface area contributed by atoms with E-state index in [0.29, 0.717) is 0 Å². The summed E-state index contributed by atoms with van der Waals surface area (Å²) >= 11 is 0. The number of rotatable bonds is 3. The monoisotopic (exact) mass is 447 g/mol. The van der Waals surface area contributed by atoms with E-state index in [1.165, 1.54) is 0 Å². The molecule has 0 aromatic carbocycles. The largest absolute Gasteiger partial charge is 0.463 e. The van der Waals surface area contributed by atoms with Crippen molar-refractivity contribution in [3.8, 4) is 6.07 Å². The van der Waals surface area contributed by atoms with E-state index >= 15 is 0 Å². The molecule has 6 heteroatoms. The molecule has 2 heterocycles. The zero-order valence-corrected chi connectivity index (χ0v) is 22.2. The number of carbonyl (C=O) groups is 2. The molecule has 2 bridgehead atoms. The molecule has 6 nitrogen and oxygen atoms in total. The second-order valence-corrected chi connectivity index (χ2v) is 13.8. The van der Waals surface area contributed by atoms with Gasteiger partial charge in [0, 0.05) is 10.8 Å². The molecule has 2 saturated heterocycles. The van der Waals surface area contributed by atoms with Crippen molar-refractivity contribution in [2.24, 2.45) is 32.5 Å². The average Bonchev–Trinajstić information content (AvgIpc) is 3.28. The first-order chi connectivity index (χ1) is 14.1. The van der Waals surface area contributed by atoms with E-state index in [4.69, 9.17) is 14.2 Å². The third-order valence-corrected chi connectivity index (χ3v) is 8.18. The van der Waals surface area contributed by atoms with Crippen LogP contribution in [0.3, 0.4) is 0 Å². The Morgan fingerprint density at radius 1 is 0.812 bits per heavy atom. The second kappa shape index (κ2) is 5.90. The molecule has 4 aliphatic rings. The van der Waals surface area contributed by atoms with E-state index in [1.54, 1.807) is 27.7 Å². The quantitative estimate of drug-likeness (QED) is 0.563. The number of hydrogen-bond acceptors (Lipinski definition) is 6. The number of nitrogens with zero attached hydrogens (tertiary/aromatic N) is 1. The predicted octanol–water partition coefficient (Wildman–Crippen LogP) is 5.05. The van der Waals surface area contributed by atoms with Crippen molar-refractivity contribution in [3.63, 3.8) is 0 Å². The zero-order chi connectivity index (χ0) is 25.2. The van der Waals surface area contributed by atoms with Crippen LogP contribution in [0.2, 0.25) is 0 Å². The summed E-state index contributed by atoms with van der Waals surface area (Å²) in [5.41, 5.74) is -8.13. The molecule has 4 fully saturated rings. The number of esters is 2. The lowest BCUT2D eigenvalue weighted by Gasteiger charge is -2.45. The highest BCUT2D eigenvalue weighted by Crippen LogP contribution is 3.17. The van der Waals surface area contributed by atoms with E-state index in [2.05, 4.69) is 68.4 Å².